The quantitative estimate of drug-likeness (QED) is 0.905. The summed E-state index contributed by atoms with van der Waals surface area (Å²) in [5, 5.41) is 5.67. The molecular weight excluding hydrogens is 286 g/mol. The topological polar surface area (TPSA) is 62.3 Å². The van der Waals surface area contributed by atoms with Gasteiger partial charge in [0.1, 0.15) is 17.1 Å². The fraction of sp³-hybridized carbons (Fsp3) is 0.667. The lowest BCUT2D eigenvalue weighted by molar-refractivity contribution is -0.153. The van der Waals surface area contributed by atoms with Gasteiger partial charge in [0.2, 0.25) is 11.8 Å². The molecule has 21 heavy (non-hydrogen) atoms. The van der Waals surface area contributed by atoms with E-state index in [1.165, 1.54) is 11.3 Å². The first-order valence-electron chi connectivity index (χ1n) is 7.44. The Morgan fingerprint density at radius 1 is 1.38 bits per heavy atom. The highest BCUT2D eigenvalue weighted by Crippen LogP contribution is 2.24. The molecule has 2 amide bonds. The SMILES string of the molecule is CCC(C)C1NC(=O)C(C(C)C)N(Cc2nccs2)C1=O. The number of carbonyl (C=O) groups excluding carboxylic acids is 2. The maximum Gasteiger partial charge on any atom is 0.246 e. The fourth-order valence-electron chi connectivity index (χ4n) is 2.69. The van der Waals surface area contributed by atoms with Gasteiger partial charge in [-0.25, -0.2) is 4.98 Å². The van der Waals surface area contributed by atoms with Gasteiger partial charge >= 0.3 is 0 Å². The normalized spacial score (nSPS) is 24.3. The van der Waals surface area contributed by atoms with Crippen molar-refractivity contribution in [3.63, 3.8) is 0 Å². The van der Waals surface area contributed by atoms with Gasteiger partial charge in [0.05, 0.1) is 6.54 Å². The Balaban J connectivity index is 2.28. The van der Waals surface area contributed by atoms with E-state index in [-0.39, 0.29) is 23.7 Å². The summed E-state index contributed by atoms with van der Waals surface area (Å²) in [6, 6.07) is -0.834. The fourth-order valence-corrected chi connectivity index (χ4v) is 3.31. The maximum absolute atomic E-state index is 12.8. The lowest BCUT2D eigenvalue weighted by atomic mass is 9.91. The number of aromatic nitrogens is 1. The van der Waals surface area contributed by atoms with Gasteiger partial charge in [-0.3, -0.25) is 9.59 Å². The van der Waals surface area contributed by atoms with E-state index in [2.05, 4.69) is 10.3 Å². The molecule has 0 spiro atoms. The molecule has 1 N–H and O–H groups in total. The van der Waals surface area contributed by atoms with Gasteiger partial charge in [0, 0.05) is 11.6 Å². The second-order valence-corrected chi connectivity index (χ2v) is 6.93. The van der Waals surface area contributed by atoms with Crippen molar-refractivity contribution in [1.29, 1.82) is 0 Å². The zero-order valence-electron chi connectivity index (χ0n) is 13.0. The van der Waals surface area contributed by atoms with E-state index in [9.17, 15) is 9.59 Å². The Hall–Kier alpha value is -1.43. The van der Waals surface area contributed by atoms with E-state index in [4.69, 9.17) is 0 Å². The molecule has 1 aromatic heterocycles. The monoisotopic (exact) mass is 309 g/mol. The number of carbonyl (C=O) groups is 2. The Morgan fingerprint density at radius 3 is 2.62 bits per heavy atom. The average molecular weight is 309 g/mol. The van der Waals surface area contributed by atoms with Gasteiger partial charge < -0.3 is 10.2 Å². The number of hydrogen-bond acceptors (Lipinski definition) is 4. The molecule has 2 rings (SSSR count). The number of thiazole rings is 1. The molecule has 0 radical (unpaired) electrons. The molecule has 1 fully saturated rings. The van der Waals surface area contributed by atoms with E-state index >= 15 is 0 Å². The van der Waals surface area contributed by atoms with Crippen LogP contribution in [0.2, 0.25) is 0 Å². The summed E-state index contributed by atoms with van der Waals surface area (Å²) in [7, 11) is 0. The summed E-state index contributed by atoms with van der Waals surface area (Å²) in [5.74, 6) is 0.171. The Bertz CT molecular complexity index is 501. The molecule has 1 aliphatic rings. The Labute approximate surface area is 129 Å². The summed E-state index contributed by atoms with van der Waals surface area (Å²) >= 11 is 1.51. The number of nitrogens with one attached hydrogen (secondary N) is 1. The molecule has 5 nitrogen and oxygen atoms in total. The number of amides is 2. The zero-order chi connectivity index (χ0) is 15.6. The van der Waals surface area contributed by atoms with Crippen molar-refractivity contribution < 1.29 is 9.59 Å². The van der Waals surface area contributed by atoms with Crippen molar-refractivity contribution in [2.75, 3.05) is 0 Å². The number of nitrogens with zero attached hydrogens (tertiary/aromatic N) is 2. The van der Waals surface area contributed by atoms with Gasteiger partial charge in [-0.1, -0.05) is 34.1 Å². The van der Waals surface area contributed by atoms with Crippen molar-refractivity contribution in [3.05, 3.63) is 16.6 Å². The molecule has 3 unspecified atom stereocenters. The van der Waals surface area contributed by atoms with Gasteiger partial charge in [-0.15, -0.1) is 11.3 Å². The van der Waals surface area contributed by atoms with Gasteiger partial charge in [0.25, 0.3) is 0 Å². The van der Waals surface area contributed by atoms with Crippen LogP contribution in [0.15, 0.2) is 11.6 Å². The Kier molecular flexibility index (Phi) is 4.98. The Morgan fingerprint density at radius 2 is 2.10 bits per heavy atom. The molecule has 6 heteroatoms. The zero-order valence-corrected chi connectivity index (χ0v) is 13.8. The first kappa shape index (κ1) is 15.9. The minimum atomic E-state index is -0.419. The number of hydrogen-bond donors (Lipinski definition) is 1. The standard InChI is InChI=1S/C15H23N3O2S/c1-5-10(4)12-15(20)18(8-11-16-6-7-21-11)13(9(2)3)14(19)17-12/h6-7,9-10,12-13H,5,8H2,1-4H3,(H,17,19). The van der Waals surface area contributed by atoms with Crippen LogP contribution in [0.1, 0.15) is 39.1 Å². The van der Waals surface area contributed by atoms with Crippen LogP contribution in [0.5, 0.6) is 0 Å². The maximum atomic E-state index is 12.8. The van der Waals surface area contributed by atoms with Gasteiger partial charge in [-0.05, 0) is 11.8 Å². The minimum absolute atomic E-state index is 0.0119. The van der Waals surface area contributed by atoms with Crippen LogP contribution < -0.4 is 5.32 Å². The first-order valence-corrected chi connectivity index (χ1v) is 8.32. The van der Waals surface area contributed by atoms with Crippen molar-refractivity contribution >= 4 is 23.2 Å². The summed E-state index contributed by atoms with van der Waals surface area (Å²) in [6.07, 6.45) is 2.58. The van der Waals surface area contributed by atoms with Crippen LogP contribution >= 0.6 is 11.3 Å². The predicted octanol–water partition coefficient (Wildman–Crippen LogP) is 2.04. The summed E-state index contributed by atoms with van der Waals surface area (Å²) in [6.45, 7) is 8.38. The lowest BCUT2D eigenvalue weighted by Crippen LogP contribution is -2.65. The molecule has 3 atom stereocenters. The largest absolute Gasteiger partial charge is 0.342 e. The predicted molar refractivity (Wildman–Crippen MR) is 82.7 cm³/mol. The van der Waals surface area contributed by atoms with Crippen LogP contribution in [-0.2, 0) is 16.1 Å². The second kappa shape index (κ2) is 6.56. The summed E-state index contributed by atoms with van der Waals surface area (Å²) in [5.41, 5.74) is 0. The first-order chi connectivity index (χ1) is 9.95. The van der Waals surface area contributed by atoms with Gasteiger partial charge in [0.15, 0.2) is 0 Å². The van der Waals surface area contributed by atoms with E-state index in [1.54, 1.807) is 11.1 Å². The molecule has 116 valence electrons. The molecule has 0 aliphatic carbocycles. The van der Waals surface area contributed by atoms with Crippen molar-refractivity contribution in [2.24, 2.45) is 11.8 Å². The van der Waals surface area contributed by atoms with Crippen LogP contribution in [-0.4, -0.2) is 33.8 Å². The third-order valence-corrected chi connectivity index (χ3v) is 4.85. The van der Waals surface area contributed by atoms with Crippen molar-refractivity contribution in [2.45, 2.75) is 52.7 Å². The molecule has 0 bridgehead atoms. The second-order valence-electron chi connectivity index (χ2n) is 5.95. The molecular formula is C15H23N3O2S. The third kappa shape index (κ3) is 3.26. The molecule has 1 aromatic rings. The van der Waals surface area contributed by atoms with E-state index < -0.39 is 12.1 Å². The number of rotatable bonds is 5. The van der Waals surface area contributed by atoms with E-state index in [0.29, 0.717) is 6.54 Å². The summed E-state index contributed by atoms with van der Waals surface area (Å²) in [4.78, 5) is 31.2. The summed E-state index contributed by atoms with van der Waals surface area (Å²) < 4.78 is 0. The van der Waals surface area contributed by atoms with Crippen LogP contribution in [0.3, 0.4) is 0 Å². The van der Waals surface area contributed by atoms with Crippen molar-refractivity contribution in [1.82, 2.24) is 15.2 Å². The highest BCUT2D eigenvalue weighted by Gasteiger charge is 2.43. The van der Waals surface area contributed by atoms with E-state index in [0.717, 1.165) is 11.4 Å². The minimum Gasteiger partial charge on any atom is -0.342 e. The van der Waals surface area contributed by atoms with Gasteiger partial charge in [-0.2, -0.15) is 0 Å². The van der Waals surface area contributed by atoms with Crippen molar-refractivity contribution in [3.8, 4) is 0 Å². The molecule has 1 saturated heterocycles. The number of piperazine rings is 1. The smallest absolute Gasteiger partial charge is 0.246 e. The highest BCUT2D eigenvalue weighted by molar-refractivity contribution is 7.09. The van der Waals surface area contributed by atoms with Crippen LogP contribution in [0.4, 0.5) is 0 Å². The highest BCUT2D eigenvalue weighted by atomic mass is 32.1. The van der Waals surface area contributed by atoms with E-state index in [1.807, 2.05) is 33.1 Å². The third-order valence-electron chi connectivity index (χ3n) is 4.08. The van der Waals surface area contributed by atoms with Crippen LogP contribution in [0, 0.1) is 11.8 Å². The molecule has 0 aromatic carbocycles. The molecule has 2 heterocycles. The molecule has 1 aliphatic heterocycles. The molecule has 0 saturated carbocycles. The van der Waals surface area contributed by atoms with Crippen LogP contribution in [0.25, 0.3) is 0 Å². The lowest BCUT2D eigenvalue weighted by Gasteiger charge is -2.42. The average Bonchev–Trinajstić information content (AvgIpc) is 2.94.